The fourth-order valence-corrected chi connectivity index (χ4v) is 3.24. The van der Waals surface area contributed by atoms with E-state index in [4.69, 9.17) is 5.73 Å². The zero-order valence-corrected chi connectivity index (χ0v) is 11.2. The first-order valence-electron chi connectivity index (χ1n) is 6.88. The summed E-state index contributed by atoms with van der Waals surface area (Å²) in [5, 5.41) is 0. The third kappa shape index (κ3) is 2.18. The molecule has 5 nitrogen and oxygen atoms in total. The number of amides is 1. The van der Waals surface area contributed by atoms with E-state index in [1.807, 2.05) is 4.90 Å². The second kappa shape index (κ2) is 4.81. The zero-order valence-electron chi connectivity index (χ0n) is 11.2. The highest BCUT2D eigenvalue weighted by Crippen LogP contribution is 2.29. The highest BCUT2D eigenvalue weighted by Gasteiger charge is 2.36. The quantitative estimate of drug-likeness (QED) is 0.817. The topological polar surface area (TPSA) is 62.5 Å². The molecule has 0 aromatic carbocycles. The largest absolute Gasteiger partial charge is 0.397 e. The monoisotopic (exact) mass is 260 g/mol. The number of carbonyl (C=O) groups is 1. The number of likely N-dealkylation sites (N-methyl/N-ethyl adjacent to an activating group) is 1. The van der Waals surface area contributed by atoms with E-state index in [1.54, 1.807) is 18.3 Å². The molecule has 2 saturated heterocycles. The summed E-state index contributed by atoms with van der Waals surface area (Å²) in [7, 11) is 2.17. The van der Waals surface area contributed by atoms with Crippen LogP contribution in [-0.2, 0) is 0 Å². The number of pyridine rings is 1. The van der Waals surface area contributed by atoms with Gasteiger partial charge in [-0.1, -0.05) is 0 Å². The normalized spacial score (nSPS) is 27.3. The molecule has 1 aromatic heterocycles. The molecule has 19 heavy (non-hydrogen) atoms. The van der Waals surface area contributed by atoms with Gasteiger partial charge in [0.05, 0.1) is 5.69 Å². The molecule has 3 rings (SSSR count). The highest BCUT2D eigenvalue weighted by molar-refractivity contribution is 5.97. The standard InChI is InChI=1S/C14H20N4O/c1-17-10-4-5-11(17)9-18(8-6-10)14(19)13-12(15)3-2-7-16-13/h2-3,7,10-11H,4-6,8-9,15H2,1H3. The van der Waals surface area contributed by atoms with Crippen LogP contribution in [0, 0.1) is 0 Å². The van der Waals surface area contributed by atoms with Crippen molar-refractivity contribution < 1.29 is 4.79 Å². The van der Waals surface area contributed by atoms with Crippen LogP contribution in [-0.4, -0.2) is 52.9 Å². The number of anilines is 1. The van der Waals surface area contributed by atoms with E-state index in [1.165, 1.54) is 12.8 Å². The van der Waals surface area contributed by atoms with Crippen molar-refractivity contribution >= 4 is 11.6 Å². The third-order valence-corrected chi connectivity index (χ3v) is 4.48. The number of aromatic nitrogens is 1. The second-order valence-electron chi connectivity index (χ2n) is 5.53. The predicted octanol–water partition coefficient (Wildman–Crippen LogP) is 0.972. The van der Waals surface area contributed by atoms with Crippen molar-refractivity contribution in [2.75, 3.05) is 25.9 Å². The number of rotatable bonds is 1. The van der Waals surface area contributed by atoms with Crippen molar-refractivity contribution in [3.63, 3.8) is 0 Å². The van der Waals surface area contributed by atoms with E-state index >= 15 is 0 Å². The Kier molecular flexibility index (Phi) is 3.14. The molecule has 2 fully saturated rings. The molecule has 1 aromatic rings. The fraction of sp³-hybridized carbons (Fsp3) is 0.571. The van der Waals surface area contributed by atoms with Crippen molar-refractivity contribution in [2.45, 2.75) is 31.3 Å². The summed E-state index contributed by atoms with van der Waals surface area (Å²) in [6, 6.07) is 4.60. The summed E-state index contributed by atoms with van der Waals surface area (Å²) in [5.74, 6) is -0.0287. The number of fused-ring (bicyclic) bond motifs is 2. The number of likely N-dealkylation sites (tertiary alicyclic amines) is 1. The van der Waals surface area contributed by atoms with Crippen LogP contribution in [0.5, 0.6) is 0 Å². The van der Waals surface area contributed by atoms with Crippen LogP contribution >= 0.6 is 0 Å². The van der Waals surface area contributed by atoms with Gasteiger partial charge in [0.25, 0.3) is 5.91 Å². The van der Waals surface area contributed by atoms with Crippen LogP contribution in [0.2, 0.25) is 0 Å². The SMILES string of the molecule is CN1C2CCC1CN(C(=O)c1ncccc1N)CC2. The van der Waals surface area contributed by atoms with Crippen molar-refractivity contribution in [1.82, 2.24) is 14.8 Å². The molecule has 0 radical (unpaired) electrons. The number of hydrogen-bond donors (Lipinski definition) is 1. The van der Waals surface area contributed by atoms with Crippen LogP contribution in [0.4, 0.5) is 5.69 Å². The molecule has 1 amide bonds. The summed E-state index contributed by atoms with van der Waals surface area (Å²) in [6.07, 6.45) is 5.11. The van der Waals surface area contributed by atoms with Crippen LogP contribution in [0.1, 0.15) is 29.8 Å². The van der Waals surface area contributed by atoms with Gasteiger partial charge in [-0.15, -0.1) is 0 Å². The maximum atomic E-state index is 12.5. The molecule has 3 heterocycles. The Hall–Kier alpha value is -1.62. The van der Waals surface area contributed by atoms with Gasteiger partial charge in [0, 0.05) is 31.4 Å². The average Bonchev–Trinajstić information content (AvgIpc) is 2.63. The molecular weight excluding hydrogens is 240 g/mol. The van der Waals surface area contributed by atoms with Gasteiger partial charge in [-0.25, -0.2) is 4.98 Å². The summed E-state index contributed by atoms with van der Waals surface area (Å²) in [5.41, 5.74) is 6.71. The van der Waals surface area contributed by atoms with Gasteiger partial charge in [0.15, 0.2) is 5.69 Å². The minimum atomic E-state index is -0.0287. The van der Waals surface area contributed by atoms with E-state index in [0.29, 0.717) is 23.5 Å². The summed E-state index contributed by atoms with van der Waals surface area (Å²) in [4.78, 5) is 21.0. The number of nitrogens with zero attached hydrogens (tertiary/aromatic N) is 3. The lowest BCUT2D eigenvalue weighted by atomic mass is 10.1. The van der Waals surface area contributed by atoms with Gasteiger partial charge in [0.2, 0.25) is 0 Å². The minimum Gasteiger partial charge on any atom is -0.397 e. The van der Waals surface area contributed by atoms with Gasteiger partial charge < -0.3 is 10.6 Å². The van der Waals surface area contributed by atoms with Crippen LogP contribution in [0.15, 0.2) is 18.3 Å². The van der Waals surface area contributed by atoms with Gasteiger partial charge in [-0.3, -0.25) is 9.69 Å². The van der Waals surface area contributed by atoms with Crippen LogP contribution < -0.4 is 5.73 Å². The first kappa shape index (κ1) is 12.4. The Labute approximate surface area is 113 Å². The summed E-state index contributed by atoms with van der Waals surface area (Å²) < 4.78 is 0. The van der Waals surface area contributed by atoms with Crippen molar-refractivity contribution in [3.05, 3.63) is 24.0 Å². The highest BCUT2D eigenvalue weighted by atomic mass is 16.2. The van der Waals surface area contributed by atoms with Gasteiger partial charge in [-0.05, 0) is 38.4 Å². The molecule has 2 aliphatic rings. The molecule has 0 spiro atoms. The number of nitrogen functional groups attached to an aromatic ring is 1. The predicted molar refractivity (Wildman–Crippen MR) is 73.7 cm³/mol. The Bertz CT molecular complexity index is 490. The maximum Gasteiger partial charge on any atom is 0.274 e. The average molecular weight is 260 g/mol. The molecule has 5 heteroatoms. The molecule has 2 atom stereocenters. The lowest BCUT2D eigenvalue weighted by molar-refractivity contribution is 0.0735. The number of carbonyl (C=O) groups excluding carboxylic acids is 1. The van der Waals surface area contributed by atoms with E-state index < -0.39 is 0 Å². The minimum absolute atomic E-state index is 0.0287. The maximum absolute atomic E-state index is 12.5. The molecule has 2 N–H and O–H groups in total. The lowest BCUT2D eigenvalue weighted by Crippen LogP contribution is -2.40. The molecule has 0 aliphatic carbocycles. The number of nitrogens with two attached hydrogens (primary N) is 1. The Balaban J connectivity index is 1.80. The van der Waals surface area contributed by atoms with E-state index in [2.05, 4.69) is 16.9 Å². The lowest BCUT2D eigenvalue weighted by Gasteiger charge is -2.25. The second-order valence-corrected chi connectivity index (χ2v) is 5.53. The van der Waals surface area contributed by atoms with Gasteiger partial charge in [0.1, 0.15) is 0 Å². The zero-order chi connectivity index (χ0) is 13.4. The fourth-order valence-electron chi connectivity index (χ4n) is 3.24. The van der Waals surface area contributed by atoms with Crippen molar-refractivity contribution in [1.29, 1.82) is 0 Å². The summed E-state index contributed by atoms with van der Waals surface area (Å²) in [6.45, 7) is 1.60. The Morgan fingerprint density at radius 1 is 1.37 bits per heavy atom. The number of hydrogen-bond acceptors (Lipinski definition) is 4. The molecule has 2 aliphatic heterocycles. The van der Waals surface area contributed by atoms with Crippen LogP contribution in [0.3, 0.4) is 0 Å². The van der Waals surface area contributed by atoms with Gasteiger partial charge in [-0.2, -0.15) is 0 Å². The van der Waals surface area contributed by atoms with E-state index in [-0.39, 0.29) is 5.91 Å². The smallest absolute Gasteiger partial charge is 0.274 e. The van der Waals surface area contributed by atoms with E-state index in [9.17, 15) is 4.79 Å². The first-order chi connectivity index (χ1) is 9.16. The van der Waals surface area contributed by atoms with E-state index in [0.717, 1.165) is 19.5 Å². The van der Waals surface area contributed by atoms with Crippen molar-refractivity contribution in [2.24, 2.45) is 0 Å². The van der Waals surface area contributed by atoms with Crippen LogP contribution in [0.25, 0.3) is 0 Å². The Morgan fingerprint density at radius 2 is 2.16 bits per heavy atom. The molecular formula is C14H20N4O. The first-order valence-corrected chi connectivity index (χ1v) is 6.88. The molecule has 2 bridgehead atoms. The molecule has 2 unspecified atom stereocenters. The molecule has 0 saturated carbocycles. The third-order valence-electron chi connectivity index (χ3n) is 4.48. The van der Waals surface area contributed by atoms with Crippen molar-refractivity contribution in [3.8, 4) is 0 Å². The van der Waals surface area contributed by atoms with Gasteiger partial charge >= 0.3 is 0 Å². The summed E-state index contributed by atoms with van der Waals surface area (Å²) >= 11 is 0. The Morgan fingerprint density at radius 3 is 2.95 bits per heavy atom. The molecule has 102 valence electrons.